The smallest absolute Gasteiger partial charge is 0.257 e. The van der Waals surface area contributed by atoms with Crippen molar-refractivity contribution in [1.82, 2.24) is 9.80 Å². The van der Waals surface area contributed by atoms with E-state index >= 15 is 0 Å². The summed E-state index contributed by atoms with van der Waals surface area (Å²) >= 11 is 0. The molecule has 0 N–H and O–H groups in total. The van der Waals surface area contributed by atoms with Crippen molar-refractivity contribution in [2.24, 2.45) is 5.92 Å². The summed E-state index contributed by atoms with van der Waals surface area (Å²) in [5, 5.41) is 0. The molecule has 0 bridgehead atoms. The Balaban J connectivity index is 1.69. The highest BCUT2D eigenvalue weighted by molar-refractivity contribution is 5.97. The maximum Gasteiger partial charge on any atom is 0.257 e. The first-order valence-corrected chi connectivity index (χ1v) is 8.44. The number of hydrogen-bond acceptors (Lipinski definition) is 4. The van der Waals surface area contributed by atoms with Gasteiger partial charge in [0.25, 0.3) is 5.91 Å². The van der Waals surface area contributed by atoms with Crippen LogP contribution < -0.4 is 9.47 Å². The molecule has 2 aliphatic rings. The van der Waals surface area contributed by atoms with Gasteiger partial charge in [-0.15, -0.1) is 0 Å². The molecule has 0 atom stereocenters. The Morgan fingerprint density at radius 2 is 1.71 bits per heavy atom. The van der Waals surface area contributed by atoms with Crippen LogP contribution in [0.4, 0.5) is 0 Å². The molecule has 1 heterocycles. The van der Waals surface area contributed by atoms with Crippen molar-refractivity contribution in [1.29, 1.82) is 0 Å². The standard InChI is InChI=1S/C18H24N2O4/c1-23-14-6-7-15(16(12-14)24-2)18(22)20-9-3-8-19(10-11-20)17(21)13-4-5-13/h6-7,12-13H,3-5,8-11H2,1-2H3. The van der Waals surface area contributed by atoms with Crippen molar-refractivity contribution in [3.8, 4) is 11.5 Å². The molecule has 2 amide bonds. The minimum absolute atomic E-state index is 0.0600. The highest BCUT2D eigenvalue weighted by Gasteiger charge is 2.34. The van der Waals surface area contributed by atoms with Crippen molar-refractivity contribution in [2.75, 3.05) is 40.4 Å². The van der Waals surface area contributed by atoms with Gasteiger partial charge in [0.15, 0.2) is 0 Å². The highest BCUT2D eigenvalue weighted by Crippen LogP contribution is 2.31. The molecule has 0 spiro atoms. The quantitative estimate of drug-likeness (QED) is 0.843. The van der Waals surface area contributed by atoms with Crippen LogP contribution in [-0.2, 0) is 4.79 Å². The number of carbonyl (C=O) groups excluding carboxylic acids is 2. The molecule has 1 aromatic carbocycles. The maximum atomic E-state index is 12.9. The monoisotopic (exact) mass is 332 g/mol. The topological polar surface area (TPSA) is 59.1 Å². The largest absolute Gasteiger partial charge is 0.497 e. The second-order valence-corrected chi connectivity index (χ2v) is 6.31. The summed E-state index contributed by atoms with van der Waals surface area (Å²) < 4.78 is 10.5. The number of rotatable bonds is 4. The van der Waals surface area contributed by atoms with Crippen LogP contribution in [0.1, 0.15) is 29.6 Å². The SMILES string of the molecule is COc1ccc(C(=O)N2CCCN(C(=O)C3CC3)CC2)c(OC)c1. The Hall–Kier alpha value is -2.24. The number of amides is 2. The van der Waals surface area contributed by atoms with E-state index in [1.165, 1.54) is 0 Å². The van der Waals surface area contributed by atoms with Crippen LogP contribution in [0.5, 0.6) is 11.5 Å². The molecule has 2 fully saturated rings. The van der Waals surface area contributed by atoms with Crippen molar-refractivity contribution < 1.29 is 19.1 Å². The van der Waals surface area contributed by atoms with Crippen LogP contribution in [0, 0.1) is 5.92 Å². The average molecular weight is 332 g/mol. The fourth-order valence-corrected chi connectivity index (χ4v) is 3.07. The molecule has 130 valence electrons. The van der Waals surface area contributed by atoms with Gasteiger partial charge in [-0.3, -0.25) is 9.59 Å². The lowest BCUT2D eigenvalue weighted by atomic mass is 10.1. The summed E-state index contributed by atoms with van der Waals surface area (Å²) in [5.41, 5.74) is 0.528. The zero-order chi connectivity index (χ0) is 17.1. The third kappa shape index (κ3) is 3.47. The van der Waals surface area contributed by atoms with Gasteiger partial charge in [-0.1, -0.05) is 0 Å². The summed E-state index contributed by atoms with van der Waals surface area (Å²) in [4.78, 5) is 28.8. The summed E-state index contributed by atoms with van der Waals surface area (Å²) in [6, 6.07) is 5.21. The summed E-state index contributed by atoms with van der Waals surface area (Å²) in [7, 11) is 3.13. The van der Waals surface area contributed by atoms with Gasteiger partial charge >= 0.3 is 0 Å². The Morgan fingerprint density at radius 3 is 2.38 bits per heavy atom. The van der Waals surface area contributed by atoms with Crippen LogP contribution in [0.2, 0.25) is 0 Å². The Labute approximate surface area is 142 Å². The van der Waals surface area contributed by atoms with E-state index in [2.05, 4.69) is 0 Å². The molecular formula is C18H24N2O4. The fraction of sp³-hybridized carbons (Fsp3) is 0.556. The van der Waals surface area contributed by atoms with Gasteiger partial charge < -0.3 is 19.3 Å². The van der Waals surface area contributed by atoms with Gasteiger partial charge in [0.1, 0.15) is 11.5 Å². The number of nitrogens with zero attached hydrogens (tertiary/aromatic N) is 2. The van der Waals surface area contributed by atoms with E-state index in [1.54, 1.807) is 32.4 Å². The number of hydrogen-bond donors (Lipinski definition) is 0. The molecule has 1 aromatic rings. The van der Waals surface area contributed by atoms with Crippen molar-refractivity contribution >= 4 is 11.8 Å². The molecule has 24 heavy (non-hydrogen) atoms. The van der Waals surface area contributed by atoms with Crippen molar-refractivity contribution in [2.45, 2.75) is 19.3 Å². The van der Waals surface area contributed by atoms with E-state index < -0.39 is 0 Å². The highest BCUT2D eigenvalue weighted by atomic mass is 16.5. The third-order valence-corrected chi connectivity index (χ3v) is 4.66. The fourth-order valence-electron chi connectivity index (χ4n) is 3.07. The third-order valence-electron chi connectivity index (χ3n) is 4.66. The Bertz CT molecular complexity index is 627. The molecule has 0 aromatic heterocycles. The second kappa shape index (κ2) is 7.11. The van der Waals surface area contributed by atoms with Gasteiger partial charge in [0, 0.05) is 38.2 Å². The number of carbonyl (C=O) groups is 2. The van der Waals surface area contributed by atoms with Gasteiger partial charge in [-0.2, -0.15) is 0 Å². The first-order chi connectivity index (χ1) is 11.6. The number of methoxy groups -OCH3 is 2. The first-order valence-electron chi connectivity index (χ1n) is 8.44. The van der Waals surface area contributed by atoms with E-state index in [0.717, 1.165) is 25.8 Å². The first kappa shape index (κ1) is 16.6. The lowest BCUT2D eigenvalue weighted by Crippen LogP contribution is -2.38. The number of ether oxygens (including phenoxy) is 2. The summed E-state index contributed by atoms with van der Waals surface area (Å²) in [6.07, 6.45) is 2.84. The molecule has 0 radical (unpaired) electrons. The molecule has 1 aliphatic heterocycles. The van der Waals surface area contributed by atoms with Crippen LogP contribution in [0.15, 0.2) is 18.2 Å². The van der Waals surface area contributed by atoms with Crippen molar-refractivity contribution in [3.63, 3.8) is 0 Å². The number of benzene rings is 1. The van der Waals surface area contributed by atoms with Gasteiger partial charge in [-0.05, 0) is 31.4 Å². The molecular weight excluding hydrogens is 308 g/mol. The van der Waals surface area contributed by atoms with E-state index in [9.17, 15) is 9.59 Å². The predicted molar refractivity (Wildman–Crippen MR) is 89.4 cm³/mol. The van der Waals surface area contributed by atoms with Crippen molar-refractivity contribution in [3.05, 3.63) is 23.8 Å². The van der Waals surface area contributed by atoms with Crippen LogP contribution in [0.3, 0.4) is 0 Å². The Kier molecular flexibility index (Phi) is 4.92. The van der Waals surface area contributed by atoms with E-state index in [4.69, 9.17) is 9.47 Å². The molecule has 3 rings (SSSR count). The van der Waals surface area contributed by atoms with E-state index in [0.29, 0.717) is 36.7 Å². The molecule has 1 aliphatic carbocycles. The predicted octanol–water partition coefficient (Wildman–Crippen LogP) is 1.79. The lowest BCUT2D eigenvalue weighted by molar-refractivity contribution is -0.132. The van der Waals surface area contributed by atoms with Gasteiger partial charge in [0.05, 0.1) is 19.8 Å². The molecule has 6 nitrogen and oxygen atoms in total. The minimum Gasteiger partial charge on any atom is -0.497 e. The molecule has 1 saturated heterocycles. The average Bonchev–Trinajstić information content (AvgIpc) is 3.46. The molecule has 1 saturated carbocycles. The zero-order valence-corrected chi connectivity index (χ0v) is 14.3. The van der Waals surface area contributed by atoms with E-state index in [-0.39, 0.29) is 17.7 Å². The minimum atomic E-state index is -0.0600. The van der Waals surface area contributed by atoms with Crippen LogP contribution in [0.25, 0.3) is 0 Å². The second-order valence-electron chi connectivity index (χ2n) is 6.31. The van der Waals surface area contributed by atoms with Gasteiger partial charge in [0.2, 0.25) is 5.91 Å². The van der Waals surface area contributed by atoms with Gasteiger partial charge in [-0.25, -0.2) is 0 Å². The molecule has 0 unspecified atom stereocenters. The maximum absolute atomic E-state index is 12.9. The van der Waals surface area contributed by atoms with Crippen LogP contribution >= 0.6 is 0 Å². The lowest BCUT2D eigenvalue weighted by Gasteiger charge is -2.23. The summed E-state index contributed by atoms with van der Waals surface area (Å²) in [6.45, 7) is 2.56. The normalized spacial score (nSPS) is 18.1. The summed E-state index contributed by atoms with van der Waals surface area (Å²) in [5.74, 6) is 1.59. The Morgan fingerprint density at radius 1 is 1.00 bits per heavy atom. The zero-order valence-electron chi connectivity index (χ0n) is 14.3. The van der Waals surface area contributed by atoms with Crippen LogP contribution in [-0.4, -0.2) is 62.0 Å². The molecule has 6 heteroatoms. The van der Waals surface area contributed by atoms with E-state index in [1.807, 2.05) is 9.80 Å².